The van der Waals surface area contributed by atoms with Gasteiger partial charge in [0.25, 0.3) is 0 Å². The normalized spacial score (nSPS) is 11.5. The molecule has 106 valence electrons. The molecule has 1 aromatic rings. The minimum Gasteiger partial charge on any atom is -0.478 e. The van der Waals surface area contributed by atoms with E-state index in [9.17, 15) is 13.2 Å². The van der Waals surface area contributed by atoms with Gasteiger partial charge in [0.15, 0.2) is 9.84 Å². The summed E-state index contributed by atoms with van der Waals surface area (Å²) in [5, 5.41) is 8.98. The molecule has 19 heavy (non-hydrogen) atoms. The van der Waals surface area contributed by atoms with Crippen LogP contribution < -0.4 is 0 Å². The van der Waals surface area contributed by atoms with Gasteiger partial charge in [0.2, 0.25) is 0 Å². The Kier molecular flexibility index (Phi) is 5.08. The van der Waals surface area contributed by atoms with Crippen molar-refractivity contribution in [2.45, 2.75) is 25.7 Å². The van der Waals surface area contributed by atoms with Crippen LogP contribution in [0.2, 0.25) is 0 Å². The Hall–Kier alpha value is -1.40. The molecule has 0 unspecified atom stereocenters. The van der Waals surface area contributed by atoms with Crippen molar-refractivity contribution in [2.75, 3.05) is 19.0 Å². The van der Waals surface area contributed by atoms with E-state index in [2.05, 4.69) is 0 Å². The molecule has 5 nitrogen and oxygen atoms in total. The van der Waals surface area contributed by atoms with E-state index in [-0.39, 0.29) is 22.8 Å². The molecule has 0 bridgehead atoms. The van der Waals surface area contributed by atoms with Crippen LogP contribution in [0, 0.1) is 13.8 Å². The molecule has 0 fully saturated rings. The lowest BCUT2D eigenvalue weighted by molar-refractivity contribution is 0.0696. The van der Waals surface area contributed by atoms with E-state index in [1.165, 1.54) is 12.1 Å². The number of aromatic carboxylic acids is 1. The second-order valence-electron chi connectivity index (χ2n) is 4.24. The van der Waals surface area contributed by atoms with Gasteiger partial charge in [0.1, 0.15) is 0 Å². The summed E-state index contributed by atoms with van der Waals surface area (Å²) in [7, 11) is -3.53. The summed E-state index contributed by atoms with van der Waals surface area (Å²) in [4.78, 5) is 11.1. The van der Waals surface area contributed by atoms with Crippen molar-refractivity contribution in [3.63, 3.8) is 0 Å². The highest BCUT2D eigenvalue weighted by atomic mass is 32.2. The second-order valence-corrected chi connectivity index (χ2v) is 6.31. The number of benzene rings is 1. The maximum atomic E-state index is 12.2. The van der Waals surface area contributed by atoms with Crippen LogP contribution in [0.15, 0.2) is 17.0 Å². The van der Waals surface area contributed by atoms with Crippen LogP contribution in [0.5, 0.6) is 0 Å². The predicted molar refractivity (Wildman–Crippen MR) is 71.4 cm³/mol. The molecule has 0 spiro atoms. The largest absolute Gasteiger partial charge is 0.478 e. The summed E-state index contributed by atoms with van der Waals surface area (Å²) in [5.41, 5.74) is 1.22. The smallest absolute Gasteiger partial charge is 0.335 e. The number of hydrogen-bond donors (Lipinski definition) is 1. The first-order valence-electron chi connectivity index (χ1n) is 5.94. The molecule has 0 aliphatic carbocycles. The Labute approximate surface area is 113 Å². The highest BCUT2D eigenvalue weighted by Gasteiger charge is 2.20. The average Bonchev–Trinajstić information content (AvgIpc) is 2.32. The lowest BCUT2D eigenvalue weighted by Gasteiger charge is -2.11. The molecule has 0 saturated heterocycles. The van der Waals surface area contributed by atoms with E-state index in [1.54, 1.807) is 20.8 Å². The predicted octanol–water partition coefficient (Wildman–Crippen LogP) is 1.81. The van der Waals surface area contributed by atoms with Crippen LogP contribution in [0.3, 0.4) is 0 Å². The van der Waals surface area contributed by atoms with Crippen LogP contribution in [0.1, 0.15) is 28.4 Å². The standard InChI is InChI=1S/C13H18O5S/c1-4-18-5-6-19(16,17)12-8-11(13(14)15)7-9(2)10(12)3/h7-8H,4-6H2,1-3H3,(H,14,15). The summed E-state index contributed by atoms with van der Waals surface area (Å²) in [6.45, 7) is 5.71. The monoisotopic (exact) mass is 286 g/mol. The molecule has 1 N–H and O–H groups in total. The first-order chi connectivity index (χ1) is 8.79. The zero-order valence-electron chi connectivity index (χ0n) is 11.3. The summed E-state index contributed by atoms with van der Waals surface area (Å²) in [6.07, 6.45) is 0. The molecule has 0 radical (unpaired) electrons. The van der Waals surface area contributed by atoms with Crippen LogP contribution >= 0.6 is 0 Å². The van der Waals surface area contributed by atoms with E-state index in [0.717, 1.165) is 0 Å². The lowest BCUT2D eigenvalue weighted by Crippen LogP contribution is -2.15. The van der Waals surface area contributed by atoms with Gasteiger partial charge in [0, 0.05) is 6.61 Å². The van der Waals surface area contributed by atoms with Crippen molar-refractivity contribution in [1.29, 1.82) is 0 Å². The Bertz CT molecular complexity index is 575. The highest BCUT2D eigenvalue weighted by Crippen LogP contribution is 2.22. The van der Waals surface area contributed by atoms with Gasteiger partial charge in [-0.05, 0) is 44.0 Å². The highest BCUT2D eigenvalue weighted by molar-refractivity contribution is 7.91. The Morgan fingerprint density at radius 1 is 1.32 bits per heavy atom. The first kappa shape index (κ1) is 15.7. The SMILES string of the molecule is CCOCCS(=O)(=O)c1cc(C(=O)O)cc(C)c1C. The molecule has 0 aliphatic heterocycles. The number of carboxylic acids is 1. The van der Waals surface area contributed by atoms with Gasteiger partial charge in [0.05, 0.1) is 22.8 Å². The molecule has 1 rings (SSSR count). The van der Waals surface area contributed by atoms with Crippen LogP contribution in [-0.2, 0) is 14.6 Å². The maximum Gasteiger partial charge on any atom is 0.335 e. The average molecular weight is 286 g/mol. The van der Waals surface area contributed by atoms with Gasteiger partial charge in [-0.25, -0.2) is 13.2 Å². The van der Waals surface area contributed by atoms with Crippen molar-refractivity contribution in [3.05, 3.63) is 28.8 Å². The molecule has 0 heterocycles. The molecule has 1 aromatic carbocycles. The van der Waals surface area contributed by atoms with Crippen molar-refractivity contribution < 1.29 is 23.1 Å². The summed E-state index contributed by atoms with van der Waals surface area (Å²) in [6, 6.07) is 2.69. The molecular weight excluding hydrogens is 268 g/mol. The zero-order chi connectivity index (χ0) is 14.6. The fourth-order valence-corrected chi connectivity index (χ4v) is 3.19. The van der Waals surface area contributed by atoms with Crippen molar-refractivity contribution in [3.8, 4) is 0 Å². The second kappa shape index (κ2) is 6.16. The number of aryl methyl sites for hydroxylation is 1. The van der Waals surface area contributed by atoms with Gasteiger partial charge in [-0.15, -0.1) is 0 Å². The minimum atomic E-state index is -3.53. The Morgan fingerprint density at radius 3 is 2.47 bits per heavy atom. The molecule has 0 atom stereocenters. The van der Waals surface area contributed by atoms with Crippen LogP contribution in [-0.4, -0.2) is 38.5 Å². The molecular formula is C13H18O5S. The number of hydrogen-bond acceptors (Lipinski definition) is 4. The summed E-state index contributed by atoms with van der Waals surface area (Å²) in [5.74, 6) is -1.28. The fourth-order valence-electron chi connectivity index (χ4n) is 1.70. The molecule has 0 aromatic heterocycles. The maximum absolute atomic E-state index is 12.2. The van der Waals surface area contributed by atoms with Gasteiger partial charge in [-0.2, -0.15) is 0 Å². The zero-order valence-corrected chi connectivity index (χ0v) is 12.1. The quantitative estimate of drug-likeness (QED) is 0.807. The molecule has 0 amide bonds. The number of sulfone groups is 1. The van der Waals surface area contributed by atoms with E-state index in [4.69, 9.17) is 9.84 Å². The van der Waals surface area contributed by atoms with Crippen LogP contribution in [0.4, 0.5) is 0 Å². The van der Waals surface area contributed by atoms with E-state index in [1.807, 2.05) is 0 Å². The minimum absolute atomic E-state index is 0.0157. The molecule has 0 saturated carbocycles. The lowest BCUT2D eigenvalue weighted by atomic mass is 10.1. The van der Waals surface area contributed by atoms with E-state index >= 15 is 0 Å². The third kappa shape index (κ3) is 3.78. The van der Waals surface area contributed by atoms with Crippen LogP contribution in [0.25, 0.3) is 0 Å². The Morgan fingerprint density at radius 2 is 1.95 bits per heavy atom. The topological polar surface area (TPSA) is 80.7 Å². The third-order valence-electron chi connectivity index (χ3n) is 2.90. The Balaban J connectivity index is 3.21. The molecule has 6 heteroatoms. The summed E-state index contributed by atoms with van der Waals surface area (Å²) < 4.78 is 29.4. The number of carbonyl (C=O) groups is 1. The van der Waals surface area contributed by atoms with Crippen molar-refractivity contribution in [1.82, 2.24) is 0 Å². The van der Waals surface area contributed by atoms with E-state index in [0.29, 0.717) is 17.7 Å². The number of carboxylic acid groups (broad SMARTS) is 1. The number of ether oxygens (including phenoxy) is 1. The number of rotatable bonds is 6. The summed E-state index contributed by atoms with van der Waals surface area (Å²) >= 11 is 0. The van der Waals surface area contributed by atoms with Gasteiger partial charge >= 0.3 is 5.97 Å². The molecule has 0 aliphatic rings. The first-order valence-corrected chi connectivity index (χ1v) is 7.60. The third-order valence-corrected chi connectivity index (χ3v) is 4.70. The van der Waals surface area contributed by atoms with Gasteiger partial charge in [-0.3, -0.25) is 0 Å². The van der Waals surface area contributed by atoms with Crippen molar-refractivity contribution in [2.24, 2.45) is 0 Å². The van der Waals surface area contributed by atoms with Gasteiger partial charge in [-0.1, -0.05) is 0 Å². The fraction of sp³-hybridized carbons (Fsp3) is 0.462. The van der Waals surface area contributed by atoms with E-state index < -0.39 is 15.8 Å². The van der Waals surface area contributed by atoms with Crippen molar-refractivity contribution >= 4 is 15.8 Å². The van der Waals surface area contributed by atoms with Gasteiger partial charge < -0.3 is 9.84 Å².